The van der Waals surface area contributed by atoms with Crippen LogP contribution < -0.4 is 5.32 Å². The Kier molecular flexibility index (Phi) is 3.78. The Hall–Kier alpha value is -3.10. The molecule has 1 fully saturated rings. The molecule has 0 saturated heterocycles. The fraction of sp³-hybridized carbons (Fsp3) is 0.368. The van der Waals surface area contributed by atoms with E-state index in [1.165, 1.54) is 0 Å². The standard InChI is InChI=1S/C19H19F2N7/c1-27-16-10-12(2-3-15(16)24-26-27)14-6-9-28-17(14)11-22-18(25-28)23-13-4-7-19(20,21)8-5-13/h2-3,6,9-11,13H,4-5,7-8H2,1H3,(H,23,25). The number of benzene rings is 1. The number of rotatable bonds is 3. The lowest BCUT2D eigenvalue weighted by molar-refractivity contribution is -0.0361. The molecule has 28 heavy (non-hydrogen) atoms. The van der Waals surface area contributed by atoms with Crippen LogP contribution in [0.3, 0.4) is 0 Å². The Balaban J connectivity index is 1.42. The molecule has 3 heterocycles. The van der Waals surface area contributed by atoms with Crippen LogP contribution in [0.1, 0.15) is 25.7 Å². The molecule has 0 spiro atoms. The Morgan fingerprint density at radius 3 is 2.79 bits per heavy atom. The molecule has 1 saturated carbocycles. The zero-order valence-electron chi connectivity index (χ0n) is 15.3. The van der Waals surface area contributed by atoms with Gasteiger partial charge in [0, 0.05) is 37.7 Å². The van der Waals surface area contributed by atoms with Gasteiger partial charge in [0.05, 0.1) is 17.2 Å². The van der Waals surface area contributed by atoms with Crippen LogP contribution in [0.15, 0.2) is 36.7 Å². The topological polar surface area (TPSA) is 72.9 Å². The summed E-state index contributed by atoms with van der Waals surface area (Å²) in [5.74, 6) is -2.08. The van der Waals surface area contributed by atoms with E-state index in [1.807, 2.05) is 37.5 Å². The first-order chi connectivity index (χ1) is 13.5. The van der Waals surface area contributed by atoms with Crippen molar-refractivity contribution < 1.29 is 8.78 Å². The summed E-state index contributed by atoms with van der Waals surface area (Å²) in [6.07, 6.45) is 4.29. The van der Waals surface area contributed by atoms with Gasteiger partial charge in [-0.2, -0.15) is 0 Å². The molecule has 9 heteroatoms. The molecule has 3 aromatic heterocycles. The summed E-state index contributed by atoms with van der Waals surface area (Å²) in [4.78, 5) is 4.41. The summed E-state index contributed by atoms with van der Waals surface area (Å²) in [5, 5.41) is 15.8. The average Bonchev–Trinajstić information content (AvgIpc) is 3.27. The van der Waals surface area contributed by atoms with E-state index in [0.29, 0.717) is 18.8 Å². The van der Waals surface area contributed by atoms with Gasteiger partial charge in [0.25, 0.3) is 0 Å². The molecule has 5 rings (SSSR count). The number of fused-ring (bicyclic) bond motifs is 2. The SMILES string of the molecule is Cn1nnc2ccc(-c3ccn4nc(NC5CCC(F)(F)CC5)ncc34)cc21. The molecular formula is C19H19F2N7. The van der Waals surface area contributed by atoms with Crippen molar-refractivity contribution in [2.24, 2.45) is 7.05 Å². The molecule has 0 aliphatic heterocycles. The van der Waals surface area contributed by atoms with Crippen LogP contribution >= 0.6 is 0 Å². The maximum Gasteiger partial charge on any atom is 0.248 e. The van der Waals surface area contributed by atoms with Crippen molar-refractivity contribution in [2.45, 2.75) is 37.6 Å². The highest BCUT2D eigenvalue weighted by atomic mass is 19.3. The van der Waals surface area contributed by atoms with E-state index in [2.05, 4.69) is 25.7 Å². The zero-order chi connectivity index (χ0) is 19.3. The summed E-state index contributed by atoms with van der Waals surface area (Å²) in [5.41, 5.74) is 4.70. The molecule has 1 aliphatic rings. The van der Waals surface area contributed by atoms with Gasteiger partial charge in [-0.3, -0.25) is 0 Å². The van der Waals surface area contributed by atoms with Crippen molar-refractivity contribution in [3.05, 3.63) is 36.7 Å². The van der Waals surface area contributed by atoms with E-state index >= 15 is 0 Å². The van der Waals surface area contributed by atoms with Crippen LogP contribution in [0, 0.1) is 0 Å². The highest BCUT2D eigenvalue weighted by Crippen LogP contribution is 2.34. The van der Waals surface area contributed by atoms with E-state index in [0.717, 1.165) is 27.7 Å². The van der Waals surface area contributed by atoms with Gasteiger partial charge in [0.1, 0.15) is 5.52 Å². The molecule has 0 radical (unpaired) electrons. The minimum absolute atomic E-state index is 0.0214. The summed E-state index contributed by atoms with van der Waals surface area (Å²) in [7, 11) is 1.86. The first-order valence-electron chi connectivity index (χ1n) is 9.27. The lowest BCUT2D eigenvalue weighted by atomic mass is 9.92. The van der Waals surface area contributed by atoms with Gasteiger partial charge in [0.2, 0.25) is 11.9 Å². The fourth-order valence-electron chi connectivity index (χ4n) is 3.78. The summed E-state index contributed by atoms with van der Waals surface area (Å²) in [6, 6.07) is 7.95. The van der Waals surface area contributed by atoms with Crippen LogP contribution in [-0.2, 0) is 7.05 Å². The number of alkyl halides is 2. The van der Waals surface area contributed by atoms with Crippen molar-refractivity contribution in [3.8, 4) is 11.1 Å². The number of nitrogens with one attached hydrogen (secondary N) is 1. The van der Waals surface area contributed by atoms with Gasteiger partial charge in [-0.1, -0.05) is 11.3 Å². The van der Waals surface area contributed by atoms with E-state index in [-0.39, 0.29) is 18.9 Å². The third-order valence-corrected chi connectivity index (χ3v) is 5.39. The van der Waals surface area contributed by atoms with Crippen molar-refractivity contribution in [1.82, 2.24) is 29.6 Å². The van der Waals surface area contributed by atoms with Crippen molar-refractivity contribution in [2.75, 3.05) is 5.32 Å². The van der Waals surface area contributed by atoms with Crippen LogP contribution in [0.25, 0.3) is 27.7 Å². The summed E-state index contributed by atoms with van der Waals surface area (Å²) < 4.78 is 30.1. The van der Waals surface area contributed by atoms with E-state index < -0.39 is 5.92 Å². The quantitative estimate of drug-likeness (QED) is 0.584. The van der Waals surface area contributed by atoms with Gasteiger partial charge < -0.3 is 5.32 Å². The predicted molar refractivity (Wildman–Crippen MR) is 101 cm³/mol. The smallest absolute Gasteiger partial charge is 0.248 e. The molecule has 1 aromatic carbocycles. The van der Waals surface area contributed by atoms with Crippen LogP contribution in [0.5, 0.6) is 0 Å². The van der Waals surface area contributed by atoms with Gasteiger partial charge in [-0.25, -0.2) is 23.0 Å². The summed E-state index contributed by atoms with van der Waals surface area (Å²) in [6.45, 7) is 0. The molecule has 1 N–H and O–H groups in total. The van der Waals surface area contributed by atoms with Gasteiger partial charge in [-0.15, -0.1) is 10.2 Å². The van der Waals surface area contributed by atoms with E-state index in [9.17, 15) is 8.78 Å². The molecule has 0 bridgehead atoms. The maximum atomic E-state index is 13.3. The minimum atomic E-state index is -2.54. The van der Waals surface area contributed by atoms with E-state index in [1.54, 1.807) is 15.4 Å². The molecule has 4 aromatic rings. The molecule has 0 unspecified atom stereocenters. The first-order valence-corrected chi connectivity index (χ1v) is 9.27. The van der Waals surface area contributed by atoms with Crippen LogP contribution in [0.2, 0.25) is 0 Å². The maximum absolute atomic E-state index is 13.3. The second-order valence-electron chi connectivity index (χ2n) is 7.33. The molecule has 144 valence electrons. The van der Waals surface area contributed by atoms with Gasteiger partial charge in [-0.05, 0) is 36.6 Å². The Bertz CT molecular complexity index is 1150. The summed E-state index contributed by atoms with van der Waals surface area (Å²) >= 11 is 0. The lowest BCUT2D eigenvalue weighted by Crippen LogP contribution is -2.32. The molecule has 0 amide bonds. The average molecular weight is 383 g/mol. The fourth-order valence-corrected chi connectivity index (χ4v) is 3.78. The Labute approximate surface area is 159 Å². The third kappa shape index (κ3) is 2.96. The minimum Gasteiger partial charge on any atom is -0.350 e. The van der Waals surface area contributed by atoms with Gasteiger partial charge in [0.15, 0.2) is 0 Å². The van der Waals surface area contributed by atoms with Crippen molar-refractivity contribution in [3.63, 3.8) is 0 Å². The first kappa shape index (κ1) is 17.0. The Morgan fingerprint density at radius 2 is 1.96 bits per heavy atom. The third-order valence-electron chi connectivity index (χ3n) is 5.39. The number of anilines is 1. The number of nitrogens with zero attached hydrogens (tertiary/aromatic N) is 6. The highest BCUT2D eigenvalue weighted by Gasteiger charge is 2.35. The second-order valence-corrected chi connectivity index (χ2v) is 7.33. The van der Waals surface area contributed by atoms with Crippen molar-refractivity contribution >= 4 is 22.5 Å². The van der Waals surface area contributed by atoms with Crippen molar-refractivity contribution in [1.29, 1.82) is 0 Å². The van der Waals surface area contributed by atoms with E-state index in [4.69, 9.17) is 0 Å². The number of hydrogen-bond acceptors (Lipinski definition) is 5. The molecule has 1 aliphatic carbocycles. The number of hydrogen-bond donors (Lipinski definition) is 1. The number of aromatic nitrogens is 6. The largest absolute Gasteiger partial charge is 0.350 e. The predicted octanol–water partition coefficient (Wildman–Crippen LogP) is 3.67. The Morgan fingerprint density at radius 1 is 1.14 bits per heavy atom. The zero-order valence-corrected chi connectivity index (χ0v) is 15.3. The van der Waals surface area contributed by atoms with Crippen LogP contribution in [-0.4, -0.2) is 41.6 Å². The number of halogens is 2. The van der Waals surface area contributed by atoms with Crippen LogP contribution in [0.4, 0.5) is 14.7 Å². The van der Waals surface area contributed by atoms with Gasteiger partial charge >= 0.3 is 0 Å². The highest BCUT2D eigenvalue weighted by molar-refractivity contribution is 5.87. The number of aryl methyl sites for hydroxylation is 1. The monoisotopic (exact) mass is 383 g/mol. The normalized spacial score (nSPS) is 17.4. The lowest BCUT2D eigenvalue weighted by Gasteiger charge is -2.28. The molecule has 7 nitrogen and oxygen atoms in total. The second kappa shape index (κ2) is 6.22. The molecule has 0 atom stereocenters. The molecular weight excluding hydrogens is 364 g/mol.